The third-order valence-corrected chi connectivity index (χ3v) is 5.07. The Bertz CT molecular complexity index is 910. The number of hydrogen-bond acceptors (Lipinski definition) is 5. The molecule has 7 nitrogen and oxygen atoms in total. The molecule has 172 valence electrons. The number of unbranched alkanes of at least 4 members (excludes halogenated alkanes) is 1. The number of alkyl halides is 3. The van der Waals surface area contributed by atoms with Gasteiger partial charge in [-0.15, -0.1) is 0 Å². The average molecular weight is 450 g/mol. The first-order valence-electron chi connectivity index (χ1n) is 10.4. The molecule has 2 heterocycles. The van der Waals surface area contributed by atoms with Crippen molar-refractivity contribution < 1.29 is 27.5 Å². The molecular formula is C22H25F3N4O3. The van der Waals surface area contributed by atoms with Crippen LogP contribution >= 0.6 is 0 Å². The Kier molecular flexibility index (Phi) is 7.55. The van der Waals surface area contributed by atoms with E-state index < -0.39 is 17.7 Å². The van der Waals surface area contributed by atoms with E-state index in [-0.39, 0.29) is 6.03 Å². The van der Waals surface area contributed by atoms with E-state index in [2.05, 4.69) is 10.3 Å². The minimum Gasteiger partial charge on any atom is -0.462 e. The predicted octanol–water partition coefficient (Wildman–Crippen LogP) is 4.41. The number of carbonyl (C=O) groups excluding carboxylic acids is 2. The number of anilines is 2. The quantitative estimate of drug-likeness (QED) is 0.521. The number of aromatic nitrogens is 1. The topological polar surface area (TPSA) is 74.8 Å². The summed E-state index contributed by atoms with van der Waals surface area (Å²) in [6, 6.07) is 8.52. The third-order valence-electron chi connectivity index (χ3n) is 5.07. The first-order valence-corrected chi connectivity index (χ1v) is 10.4. The summed E-state index contributed by atoms with van der Waals surface area (Å²) in [5.41, 5.74) is 0.170. The average Bonchev–Trinajstić information content (AvgIpc) is 2.79. The van der Waals surface area contributed by atoms with Gasteiger partial charge in [-0.2, -0.15) is 13.2 Å². The van der Waals surface area contributed by atoms with Crippen LogP contribution in [0.4, 0.5) is 29.5 Å². The highest BCUT2D eigenvalue weighted by molar-refractivity contribution is 5.92. The Morgan fingerprint density at radius 2 is 1.75 bits per heavy atom. The van der Waals surface area contributed by atoms with Gasteiger partial charge in [0.15, 0.2) is 0 Å². The molecule has 2 aromatic rings. The van der Waals surface area contributed by atoms with Crippen molar-refractivity contribution in [1.82, 2.24) is 9.88 Å². The lowest BCUT2D eigenvalue weighted by molar-refractivity contribution is -0.137. The highest BCUT2D eigenvalue weighted by Gasteiger charge is 2.31. The number of piperazine rings is 1. The van der Waals surface area contributed by atoms with Gasteiger partial charge >= 0.3 is 18.2 Å². The van der Waals surface area contributed by atoms with Crippen molar-refractivity contribution in [2.24, 2.45) is 0 Å². The van der Waals surface area contributed by atoms with E-state index >= 15 is 0 Å². The van der Waals surface area contributed by atoms with Gasteiger partial charge in [-0.25, -0.2) is 14.6 Å². The summed E-state index contributed by atoms with van der Waals surface area (Å²) in [5.74, 6) is 0.0452. The summed E-state index contributed by atoms with van der Waals surface area (Å²) in [5, 5.41) is 2.78. The molecule has 1 aromatic heterocycles. The minimum atomic E-state index is -4.42. The SMILES string of the molecule is CCCCOC(=O)c1ccc(NC(=O)N2CCN(c3ccc(C(F)(F)F)cn3)CC2)cc1. The molecule has 0 saturated carbocycles. The highest BCUT2D eigenvalue weighted by Crippen LogP contribution is 2.29. The van der Waals surface area contributed by atoms with Crippen molar-refractivity contribution in [3.8, 4) is 0 Å². The molecule has 0 atom stereocenters. The summed E-state index contributed by atoms with van der Waals surface area (Å²) >= 11 is 0. The van der Waals surface area contributed by atoms with Gasteiger partial charge in [0.2, 0.25) is 0 Å². The molecule has 1 N–H and O–H groups in total. The van der Waals surface area contributed by atoms with Gasteiger partial charge < -0.3 is 19.9 Å². The van der Waals surface area contributed by atoms with E-state index in [1.54, 1.807) is 29.2 Å². The molecule has 0 aliphatic carbocycles. The lowest BCUT2D eigenvalue weighted by atomic mass is 10.2. The summed E-state index contributed by atoms with van der Waals surface area (Å²) in [6.07, 6.45) is -1.86. The number of rotatable bonds is 6. The number of carbonyl (C=O) groups is 2. The lowest BCUT2D eigenvalue weighted by Crippen LogP contribution is -2.50. The molecule has 2 amide bonds. The van der Waals surface area contributed by atoms with Crippen LogP contribution in [-0.2, 0) is 10.9 Å². The summed E-state index contributed by atoms with van der Waals surface area (Å²) in [4.78, 5) is 31.8. The number of halogens is 3. The first-order chi connectivity index (χ1) is 15.3. The zero-order valence-electron chi connectivity index (χ0n) is 17.7. The second-order valence-corrected chi connectivity index (χ2v) is 7.37. The lowest BCUT2D eigenvalue weighted by Gasteiger charge is -2.35. The number of hydrogen-bond donors (Lipinski definition) is 1. The number of esters is 1. The fourth-order valence-corrected chi connectivity index (χ4v) is 3.16. The fourth-order valence-electron chi connectivity index (χ4n) is 3.16. The van der Waals surface area contributed by atoms with Gasteiger partial charge in [0.1, 0.15) is 5.82 Å². The molecular weight excluding hydrogens is 425 g/mol. The Hall–Kier alpha value is -3.30. The molecule has 1 fully saturated rings. The van der Waals surface area contributed by atoms with Crippen LogP contribution in [0.15, 0.2) is 42.6 Å². The van der Waals surface area contributed by atoms with Crippen molar-refractivity contribution >= 4 is 23.5 Å². The second kappa shape index (κ2) is 10.3. The van der Waals surface area contributed by atoms with Crippen LogP contribution in [0.5, 0.6) is 0 Å². The predicted molar refractivity (Wildman–Crippen MR) is 114 cm³/mol. The van der Waals surface area contributed by atoms with Crippen LogP contribution < -0.4 is 10.2 Å². The van der Waals surface area contributed by atoms with E-state index in [9.17, 15) is 22.8 Å². The van der Waals surface area contributed by atoms with E-state index in [1.807, 2.05) is 11.8 Å². The molecule has 0 unspecified atom stereocenters. The van der Waals surface area contributed by atoms with E-state index in [0.29, 0.717) is 49.9 Å². The Morgan fingerprint density at radius 3 is 2.31 bits per heavy atom. The van der Waals surface area contributed by atoms with Crippen molar-refractivity contribution in [3.05, 3.63) is 53.7 Å². The number of nitrogens with one attached hydrogen (secondary N) is 1. The summed E-state index contributed by atoms with van der Waals surface area (Å²) < 4.78 is 43.2. The summed E-state index contributed by atoms with van der Waals surface area (Å²) in [7, 11) is 0. The Balaban J connectivity index is 1.48. The zero-order valence-corrected chi connectivity index (χ0v) is 17.7. The molecule has 1 saturated heterocycles. The van der Waals surface area contributed by atoms with Gasteiger partial charge in [-0.1, -0.05) is 13.3 Å². The van der Waals surface area contributed by atoms with Crippen LogP contribution in [0.25, 0.3) is 0 Å². The van der Waals surface area contributed by atoms with Gasteiger partial charge in [0.25, 0.3) is 0 Å². The smallest absolute Gasteiger partial charge is 0.417 e. The molecule has 10 heteroatoms. The van der Waals surface area contributed by atoms with Crippen LogP contribution in [0, 0.1) is 0 Å². The number of urea groups is 1. The van der Waals surface area contributed by atoms with Crippen LogP contribution in [0.3, 0.4) is 0 Å². The maximum absolute atomic E-state index is 12.7. The first kappa shape index (κ1) is 23.4. The molecule has 1 aliphatic rings. The van der Waals surface area contributed by atoms with Crippen LogP contribution in [-0.4, -0.2) is 54.7 Å². The van der Waals surface area contributed by atoms with Gasteiger partial charge in [-0.3, -0.25) is 0 Å². The fraction of sp³-hybridized carbons (Fsp3) is 0.409. The zero-order chi connectivity index (χ0) is 23.1. The normalized spacial score (nSPS) is 14.2. The van der Waals surface area contributed by atoms with Crippen molar-refractivity contribution in [1.29, 1.82) is 0 Å². The number of nitrogens with zero attached hydrogens (tertiary/aromatic N) is 3. The van der Waals surface area contributed by atoms with Crippen LogP contribution in [0.1, 0.15) is 35.7 Å². The van der Waals surface area contributed by atoms with Gasteiger partial charge in [0.05, 0.1) is 17.7 Å². The van der Waals surface area contributed by atoms with Gasteiger partial charge in [-0.05, 0) is 42.8 Å². The van der Waals surface area contributed by atoms with Crippen LogP contribution in [0.2, 0.25) is 0 Å². The molecule has 3 rings (SSSR count). The maximum Gasteiger partial charge on any atom is 0.417 e. The number of pyridine rings is 1. The molecule has 32 heavy (non-hydrogen) atoms. The second-order valence-electron chi connectivity index (χ2n) is 7.37. The molecule has 0 bridgehead atoms. The van der Waals surface area contributed by atoms with Crippen molar-refractivity contribution in [2.75, 3.05) is 43.0 Å². The maximum atomic E-state index is 12.7. The molecule has 0 radical (unpaired) electrons. The standard InChI is InChI=1S/C22H25F3N4O3/c1-2-3-14-32-20(30)16-4-7-18(8-5-16)27-21(31)29-12-10-28(11-13-29)19-9-6-17(15-26-19)22(23,24)25/h4-9,15H,2-3,10-14H2,1H3,(H,27,31). The Labute approximate surface area is 184 Å². The molecule has 0 spiro atoms. The number of benzene rings is 1. The van der Waals surface area contributed by atoms with E-state index in [0.717, 1.165) is 25.1 Å². The monoisotopic (exact) mass is 450 g/mol. The number of ether oxygens (including phenoxy) is 1. The minimum absolute atomic E-state index is 0.289. The van der Waals surface area contributed by atoms with Crippen molar-refractivity contribution in [2.45, 2.75) is 25.9 Å². The number of amides is 2. The highest BCUT2D eigenvalue weighted by atomic mass is 19.4. The largest absolute Gasteiger partial charge is 0.462 e. The molecule has 1 aliphatic heterocycles. The third kappa shape index (κ3) is 6.12. The molecule has 1 aromatic carbocycles. The van der Waals surface area contributed by atoms with E-state index in [4.69, 9.17) is 4.74 Å². The Morgan fingerprint density at radius 1 is 1.06 bits per heavy atom. The van der Waals surface area contributed by atoms with Crippen molar-refractivity contribution in [3.63, 3.8) is 0 Å². The van der Waals surface area contributed by atoms with Gasteiger partial charge in [0, 0.05) is 38.1 Å². The van der Waals surface area contributed by atoms with E-state index in [1.165, 1.54) is 6.07 Å². The summed E-state index contributed by atoms with van der Waals surface area (Å²) in [6.45, 7) is 4.09.